The average Bonchev–Trinajstić information content (AvgIpc) is 2.62. The van der Waals surface area contributed by atoms with Crippen LogP contribution in [0.3, 0.4) is 0 Å². The summed E-state index contributed by atoms with van der Waals surface area (Å²) in [6.45, 7) is 3.78. The number of carbonyl (C=O) groups is 2. The Hall–Kier alpha value is -2.44. The first kappa shape index (κ1) is 20.9. The molecular weight excluding hydrogens is 391 g/mol. The summed E-state index contributed by atoms with van der Waals surface area (Å²) >= 11 is 12.1. The second-order valence-electron chi connectivity index (χ2n) is 5.91. The Morgan fingerprint density at radius 1 is 1.04 bits per heavy atom. The van der Waals surface area contributed by atoms with Crippen molar-refractivity contribution in [3.8, 4) is 11.5 Å². The Kier molecular flexibility index (Phi) is 7.33. The highest BCUT2D eigenvalue weighted by atomic mass is 35.5. The van der Waals surface area contributed by atoms with E-state index in [9.17, 15) is 9.59 Å². The lowest BCUT2D eigenvalue weighted by Crippen LogP contribution is -2.42. The van der Waals surface area contributed by atoms with Crippen molar-refractivity contribution in [2.24, 2.45) is 0 Å². The summed E-state index contributed by atoms with van der Waals surface area (Å²) in [6.07, 6.45) is -0.0991. The molecule has 0 aromatic heterocycles. The van der Waals surface area contributed by atoms with E-state index in [4.69, 9.17) is 32.7 Å². The van der Waals surface area contributed by atoms with Crippen molar-refractivity contribution in [3.63, 3.8) is 0 Å². The quantitative estimate of drug-likeness (QED) is 0.710. The van der Waals surface area contributed by atoms with E-state index in [1.807, 2.05) is 13.8 Å². The van der Waals surface area contributed by atoms with Crippen LogP contribution in [0.5, 0.6) is 11.5 Å². The Bertz CT molecular complexity index is 820. The first-order chi connectivity index (χ1) is 12.8. The fraction of sp³-hybridized carbons (Fsp3) is 0.263. The van der Waals surface area contributed by atoms with Crippen molar-refractivity contribution in [2.45, 2.75) is 26.4 Å². The molecule has 0 aliphatic heterocycles. The van der Waals surface area contributed by atoms with E-state index in [1.165, 1.54) is 13.2 Å². The molecule has 0 heterocycles. The second kappa shape index (κ2) is 9.48. The van der Waals surface area contributed by atoms with Gasteiger partial charge >= 0.3 is 0 Å². The Balaban J connectivity index is 2.00. The molecule has 2 rings (SSSR count). The minimum Gasteiger partial charge on any atom is -0.493 e. The SMILES string of the molecule is COc1cc(C(=O)NNC(=O)Cc2c(Cl)cccc2Cl)ccc1OC(C)C. The molecule has 27 heavy (non-hydrogen) atoms. The molecule has 2 aromatic carbocycles. The zero-order chi connectivity index (χ0) is 20.0. The van der Waals surface area contributed by atoms with Gasteiger partial charge in [-0.1, -0.05) is 29.3 Å². The maximum Gasteiger partial charge on any atom is 0.269 e. The number of methoxy groups -OCH3 is 1. The number of hydrazine groups is 1. The topological polar surface area (TPSA) is 76.7 Å². The van der Waals surface area contributed by atoms with Crippen molar-refractivity contribution in [1.29, 1.82) is 0 Å². The van der Waals surface area contributed by atoms with Gasteiger partial charge in [-0.2, -0.15) is 0 Å². The molecule has 8 heteroatoms. The molecule has 0 aliphatic rings. The Morgan fingerprint density at radius 3 is 2.30 bits per heavy atom. The normalized spacial score (nSPS) is 10.4. The third-order valence-electron chi connectivity index (χ3n) is 3.50. The summed E-state index contributed by atoms with van der Waals surface area (Å²) in [6, 6.07) is 9.72. The number of carbonyl (C=O) groups excluding carboxylic acids is 2. The van der Waals surface area contributed by atoms with Crippen LogP contribution in [0.15, 0.2) is 36.4 Å². The maximum absolute atomic E-state index is 12.3. The zero-order valence-corrected chi connectivity index (χ0v) is 16.6. The third kappa shape index (κ3) is 5.77. The Labute approximate surface area is 167 Å². The molecule has 6 nitrogen and oxygen atoms in total. The third-order valence-corrected chi connectivity index (χ3v) is 4.21. The molecule has 2 amide bonds. The number of hydrogen-bond acceptors (Lipinski definition) is 4. The van der Waals surface area contributed by atoms with Gasteiger partial charge in [0, 0.05) is 15.6 Å². The van der Waals surface area contributed by atoms with Crippen LogP contribution in [0.25, 0.3) is 0 Å². The van der Waals surface area contributed by atoms with Gasteiger partial charge in [-0.05, 0) is 49.7 Å². The van der Waals surface area contributed by atoms with Crippen molar-refractivity contribution in [1.82, 2.24) is 10.9 Å². The predicted octanol–water partition coefficient (Wildman–Crippen LogP) is 3.79. The molecular formula is C19H20Cl2N2O4. The minimum atomic E-state index is -0.497. The van der Waals surface area contributed by atoms with Crippen LogP contribution in [0.2, 0.25) is 10.0 Å². The monoisotopic (exact) mass is 410 g/mol. The summed E-state index contributed by atoms with van der Waals surface area (Å²) in [5.41, 5.74) is 5.48. The molecule has 0 fully saturated rings. The lowest BCUT2D eigenvalue weighted by atomic mass is 10.1. The van der Waals surface area contributed by atoms with Crippen molar-refractivity contribution in [2.75, 3.05) is 7.11 Å². The van der Waals surface area contributed by atoms with Gasteiger partial charge in [0.25, 0.3) is 5.91 Å². The number of nitrogens with one attached hydrogen (secondary N) is 2. The highest BCUT2D eigenvalue weighted by Crippen LogP contribution is 2.29. The van der Waals surface area contributed by atoms with Crippen LogP contribution >= 0.6 is 23.2 Å². The molecule has 2 N–H and O–H groups in total. The number of halogens is 2. The highest BCUT2D eigenvalue weighted by molar-refractivity contribution is 6.36. The Morgan fingerprint density at radius 2 is 1.70 bits per heavy atom. The zero-order valence-electron chi connectivity index (χ0n) is 15.1. The van der Waals surface area contributed by atoms with Crippen molar-refractivity contribution >= 4 is 35.0 Å². The first-order valence-electron chi connectivity index (χ1n) is 8.18. The molecule has 0 spiro atoms. The van der Waals surface area contributed by atoms with Gasteiger partial charge in [0.05, 0.1) is 19.6 Å². The van der Waals surface area contributed by atoms with Crippen molar-refractivity contribution in [3.05, 3.63) is 57.6 Å². The predicted molar refractivity (Wildman–Crippen MR) is 105 cm³/mol. The number of rotatable bonds is 6. The lowest BCUT2D eigenvalue weighted by molar-refractivity contribution is -0.121. The maximum atomic E-state index is 12.3. The molecule has 144 valence electrons. The van der Waals surface area contributed by atoms with Crippen LogP contribution in [-0.4, -0.2) is 25.0 Å². The van der Waals surface area contributed by atoms with Crippen LogP contribution in [0.4, 0.5) is 0 Å². The molecule has 0 atom stereocenters. The van der Waals surface area contributed by atoms with Gasteiger partial charge in [0.15, 0.2) is 11.5 Å². The highest BCUT2D eigenvalue weighted by Gasteiger charge is 2.14. The molecule has 0 unspecified atom stereocenters. The summed E-state index contributed by atoms with van der Waals surface area (Å²) in [7, 11) is 1.49. The molecule has 0 saturated heterocycles. The summed E-state index contributed by atoms with van der Waals surface area (Å²) < 4.78 is 10.9. The minimum absolute atomic E-state index is 0.0329. The fourth-order valence-corrected chi connectivity index (χ4v) is 2.80. The van der Waals surface area contributed by atoms with E-state index < -0.39 is 11.8 Å². The van der Waals surface area contributed by atoms with Gasteiger partial charge in [0.1, 0.15) is 0 Å². The van der Waals surface area contributed by atoms with Crippen LogP contribution in [0.1, 0.15) is 29.8 Å². The van der Waals surface area contributed by atoms with E-state index in [0.29, 0.717) is 32.7 Å². The van der Waals surface area contributed by atoms with Gasteiger partial charge < -0.3 is 9.47 Å². The van der Waals surface area contributed by atoms with Crippen LogP contribution in [0, 0.1) is 0 Å². The molecule has 2 aromatic rings. The molecule has 0 radical (unpaired) electrons. The van der Waals surface area contributed by atoms with Gasteiger partial charge in [0.2, 0.25) is 5.91 Å². The van der Waals surface area contributed by atoms with E-state index >= 15 is 0 Å². The lowest BCUT2D eigenvalue weighted by Gasteiger charge is -2.14. The number of ether oxygens (including phenoxy) is 2. The molecule has 0 aliphatic carbocycles. The van der Waals surface area contributed by atoms with E-state index in [2.05, 4.69) is 10.9 Å². The summed E-state index contributed by atoms with van der Waals surface area (Å²) in [4.78, 5) is 24.3. The molecule has 0 saturated carbocycles. The average molecular weight is 411 g/mol. The number of amides is 2. The van der Waals surface area contributed by atoms with Crippen LogP contribution in [-0.2, 0) is 11.2 Å². The smallest absolute Gasteiger partial charge is 0.269 e. The number of hydrogen-bond donors (Lipinski definition) is 2. The van der Waals surface area contributed by atoms with E-state index in [0.717, 1.165) is 0 Å². The van der Waals surface area contributed by atoms with Crippen LogP contribution < -0.4 is 20.3 Å². The standard InChI is InChI=1S/C19H20Cl2N2O4/c1-11(2)27-16-8-7-12(9-17(16)26-3)19(25)23-22-18(24)10-13-14(20)5-4-6-15(13)21/h4-9,11H,10H2,1-3H3,(H,22,24)(H,23,25). The van der Waals surface area contributed by atoms with Gasteiger partial charge in [-0.25, -0.2) is 0 Å². The number of benzene rings is 2. The van der Waals surface area contributed by atoms with E-state index in [1.54, 1.807) is 30.3 Å². The summed E-state index contributed by atoms with van der Waals surface area (Å²) in [5.74, 6) is 0.0000476. The van der Waals surface area contributed by atoms with Crippen molar-refractivity contribution < 1.29 is 19.1 Å². The van der Waals surface area contributed by atoms with Gasteiger partial charge in [-0.3, -0.25) is 20.4 Å². The van der Waals surface area contributed by atoms with E-state index in [-0.39, 0.29) is 12.5 Å². The summed E-state index contributed by atoms with van der Waals surface area (Å²) in [5, 5.41) is 0.768. The first-order valence-corrected chi connectivity index (χ1v) is 8.94. The van der Waals surface area contributed by atoms with Gasteiger partial charge in [-0.15, -0.1) is 0 Å². The second-order valence-corrected chi connectivity index (χ2v) is 6.73. The fourth-order valence-electron chi connectivity index (χ4n) is 2.26. The largest absolute Gasteiger partial charge is 0.493 e. The molecule has 0 bridgehead atoms.